The van der Waals surface area contributed by atoms with Crippen molar-refractivity contribution >= 4 is 5.82 Å². The van der Waals surface area contributed by atoms with Crippen LogP contribution in [-0.2, 0) is 0 Å². The van der Waals surface area contributed by atoms with Gasteiger partial charge in [-0.25, -0.2) is 15.0 Å². The molecule has 2 unspecified atom stereocenters. The second-order valence-corrected chi connectivity index (χ2v) is 6.84. The molecule has 0 spiro atoms. The van der Waals surface area contributed by atoms with Gasteiger partial charge in [0.05, 0.1) is 0 Å². The average molecular weight is 337 g/mol. The second kappa shape index (κ2) is 6.75. The third-order valence-corrected chi connectivity index (χ3v) is 4.64. The molecule has 1 aliphatic heterocycles. The summed E-state index contributed by atoms with van der Waals surface area (Å²) in [6, 6.07) is 4.53. The van der Waals surface area contributed by atoms with Gasteiger partial charge in [0, 0.05) is 53.1 Å². The zero-order valence-electron chi connectivity index (χ0n) is 14.9. The predicted octanol–water partition coefficient (Wildman–Crippen LogP) is 2.08. The highest BCUT2D eigenvalue weighted by Crippen LogP contribution is 2.33. The Morgan fingerprint density at radius 1 is 1.16 bits per heavy atom. The fourth-order valence-corrected chi connectivity index (χ4v) is 3.26. The summed E-state index contributed by atoms with van der Waals surface area (Å²) >= 11 is 0. The van der Waals surface area contributed by atoms with Gasteiger partial charge in [0.15, 0.2) is 0 Å². The second-order valence-electron chi connectivity index (χ2n) is 6.84. The number of nitriles is 1. The molecule has 25 heavy (non-hydrogen) atoms. The maximum absolute atomic E-state index is 9.53. The summed E-state index contributed by atoms with van der Waals surface area (Å²) in [4.78, 5) is 13.3. The molecular weight excluding hydrogens is 314 g/mol. The van der Waals surface area contributed by atoms with E-state index < -0.39 is 0 Å². The summed E-state index contributed by atoms with van der Waals surface area (Å²) in [5.41, 5.74) is 15.3. The van der Waals surface area contributed by atoms with Crippen molar-refractivity contribution in [2.45, 2.75) is 51.6 Å². The number of nitrogen functional groups attached to an aromatic ring is 1. The van der Waals surface area contributed by atoms with Gasteiger partial charge in [-0.3, -0.25) is 10.9 Å². The van der Waals surface area contributed by atoms with Crippen LogP contribution < -0.4 is 16.6 Å². The molecule has 0 bridgehead atoms. The summed E-state index contributed by atoms with van der Waals surface area (Å²) < 4.78 is 0. The minimum atomic E-state index is 0.157. The third-order valence-electron chi connectivity index (χ3n) is 4.64. The van der Waals surface area contributed by atoms with Gasteiger partial charge in [-0.2, -0.15) is 5.26 Å². The molecular formula is C18H23N7. The summed E-state index contributed by atoms with van der Waals surface area (Å²) in [5.74, 6) is 1.43. The lowest BCUT2D eigenvalue weighted by atomic mass is 9.90. The van der Waals surface area contributed by atoms with Crippen LogP contribution >= 0.6 is 0 Å². The molecule has 0 amide bonds. The van der Waals surface area contributed by atoms with Crippen molar-refractivity contribution in [3.8, 4) is 17.2 Å². The molecule has 2 atom stereocenters. The van der Waals surface area contributed by atoms with Crippen molar-refractivity contribution in [2.24, 2.45) is 0 Å². The van der Waals surface area contributed by atoms with Crippen LogP contribution in [0, 0.1) is 11.3 Å². The number of pyridine rings is 1. The van der Waals surface area contributed by atoms with Crippen molar-refractivity contribution in [1.82, 2.24) is 25.8 Å². The van der Waals surface area contributed by atoms with E-state index >= 15 is 0 Å². The van der Waals surface area contributed by atoms with Gasteiger partial charge < -0.3 is 5.73 Å². The Morgan fingerprint density at radius 3 is 2.28 bits per heavy atom. The fourth-order valence-electron chi connectivity index (χ4n) is 3.26. The van der Waals surface area contributed by atoms with E-state index in [0.29, 0.717) is 5.56 Å². The highest BCUT2D eigenvalue weighted by molar-refractivity contribution is 5.75. The number of anilines is 1. The molecule has 1 saturated heterocycles. The number of nitrogens with zero attached hydrogens (tertiary/aromatic N) is 4. The average Bonchev–Trinajstić information content (AvgIpc) is 2.93. The normalized spacial score (nSPS) is 23.0. The molecule has 3 rings (SSSR count). The predicted molar refractivity (Wildman–Crippen MR) is 96.4 cm³/mol. The van der Waals surface area contributed by atoms with E-state index in [9.17, 15) is 5.26 Å². The standard InChI is InChI=1S/C18H23N7/c1-9(2)18-21-7-12(8-22-18)13-5-15(23-17(20)14(13)6-19)16-10(3)24-25-11(16)4/h5,7-11,16,24-25H,1-4H3,(H2,20,23). The molecule has 0 aromatic carbocycles. The minimum Gasteiger partial charge on any atom is -0.383 e. The maximum Gasteiger partial charge on any atom is 0.142 e. The largest absolute Gasteiger partial charge is 0.383 e. The summed E-state index contributed by atoms with van der Waals surface area (Å²) in [6.45, 7) is 8.27. The van der Waals surface area contributed by atoms with E-state index in [1.165, 1.54) is 0 Å². The number of nitrogens with one attached hydrogen (secondary N) is 2. The van der Waals surface area contributed by atoms with Gasteiger partial charge in [-0.1, -0.05) is 13.8 Å². The van der Waals surface area contributed by atoms with Crippen LogP contribution in [-0.4, -0.2) is 27.0 Å². The molecule has 7 nitrogen and oxygen atoms in total. The molecule has 0 aliphatic carbocycles. The van der Waals surface area contributed by atoms with Crippen LogP contribution in [0.1, 0.15) is 56.6 Å². The molecule has 0 saturated carbocycles. The van der Waals surface area contributed by atoms with Crippen LogP contribution in [0.5, 0.6) is 0 Å². The molecule has 2 aromatic rings. The van der Waals surface area contributed by atoms with Crippen LogP contribution in [0.25, 0.3) is 11.1 Å². The highest BCUT2D eigenvalue weighted by Gasteiger charge is 2.33. The quantitative estimate of drug-likeness (QED) is 0.786. The maximum atomic E-state index is 9.53. The summed E-state index contributed by atoms with van der Waals surface area (Å²) in [6.07, 6.45) is 3.50. The monoisotopic (exact) mass is 337 g/mol. The molecule has 2 aromatic heterocycles. The molecule has 3 heterocycles. The van der Waals surface area contributed by atoms with Crippen LogP contribution in [0.3, 0.4) is 0 Å². The molecule has 7 heteroatoms. The minimum absolute atomic E-state index is 0.157. The lowest BCUT2D eigenvalue weighted by molar-refractivity contribution is 0.561. The molecule has 4 N–H and O–H groups in total. The van der Waals surface area contributed by atoms with Gasteiger partial charge in [0.25, 0.3) is 0 Å². The Balaban J connectivity index is 2.10. The molecule has 1 aliphatic rings. The Hall–Kier alpha value is -2.56. The summed E-state index contributed by atoms with van der Waals surface area (Å²) in [7, 11) is 0. The smallest absolute Gasteiger partial charge is 0.142 e. The van der Waals surface area contributed by atoms with Gasteiger partial charge in [-0.15, -0.1) is 0 Å². The van der Waals surface area contributed by atoms with Gasteiger partial charge >= 0.3 is 0 Å². The number of aromatic nitrogens is 3. The number of hydrogen-bond donors (Lipinski definition) is 3. The zero-order chi connectivity index (χ0) is 18.1. The first kappa shape index (κ1) is 17.3. The van der Waals surface area contributed by atoms with E-state index in [-0.39, 0.29) is 29.7 Å². The van der Waals surface area contributed by atoms with E-state index in [1.807, 2.05) is 19.9 Å². The Labute approximate surface area is 147 Å². The van der Waals surface area contributed by atoms with E-state index in [4.69, 9.17) is 5.73 Å². The van der Waals surface area contributed by atoms with Gasteiger partial charge in [0.2, 0.25) is 0 Å². The lowest BCUT2D eigenvalue weighted by Gasteiger charge is -2.19. The first-order valence-corrected chi connectivity index (χ1v) is 8.46. The first-order valence-electron chi connectivity index (χ1n) is 8.46. The molecule has 130 valence electrons. The van der Waals surface area contributed by atoms with Crippen molar-refractivity contribution in [3.05, 3.63) is 35.5 Å². The van der Waals surface area contributed by atoms with Crippen molar-refractivity contribution in [1.29, 1.82) is 5.26 Å². The number of rotatable bonds is 3. The fraction of sp³-hybridized carbons (Fsp3) is 0.444. The molecule has 1 fully saturated rings. The van der Waals surface area contributed by atoms with E-state index in [2.05, 4.69) is 45.7 Å². The van der Waals surface area contributed by atoms with Crippen molar-refractivity contribution in [2.75, 3.05) is 5.73 Å². The van der Waals surface area contributed by atoms with Gasteiger partial charge in [-0.05, 0) is 19.9 Å². The Morgan fingerprint density at radius 2 is 1.76 bits per heavy atom. The van der Waals surface area contributed by atoms with Crippen molar-refractivity contribution < 1.29 is 0 Å². The Kier molecular flexibility index (Phi) is 4.66. The highest BCUT2D eigenvalue weighted by atomic mass is 15.4. The van der Waals surface area contributed by atoms with Crippen LogP contribution in [0.15, 0.2) is 18.5 Å². The van der Waals surface area contributed by atoms with Crippen molar-refractivity contribution in [3.63, 3.8) is 0 Å². The summed E-state index contributed by atoms with van der Waals surface area (Å²) in [5, 5.41) is 9.53. The number of hydrogen-bond acceptors (Lipinski definition) is 7. The van der Waals surface area contributed by atoms with Crippen LogP contribution in [0.2, 0.25) is 0 Å². The van der Waals surface area contributed by atoms with E-state index in [1.54, 1.807) is 12.4 Å². The van der Waals surface area contributed by atoms with Gasteiger partial charge in [0.1, 0.15) is 23.3 Å². The molecule has 0 radical (unpaired) electrons. The SMILES string of the molecule is CC(C)c1ncc(-c2cc(C3C(C)NNC3C)nc(N)c2C#N)cn1. The number of hydrazine groups is 1. The van der Waals surface area contributed by atoms with Crippen LogP contribution in [0.4, 0.5) is 5.82 Å². The third kappa shape index (κ3) is 3.18. The Bertz CT molecular complexity index is 797. The topological polar surface area (TPSA) is 113 Å². The first-order chi connectivity index (χ1) is 11.9. The van der Waals surface area contributed by atoms with E-state index in [0.717, 1.165) is 22.6 Å². The zero-order valence-corrected chi connectivity index (χ0v) is 14.9. The number of nitrogens with two attached hydrogens (primary N) is 1. The lowest BCUT2D eigenvalue weighted by Crippen LogP contribution is -2.30.